The summed E-state index contributed by atoms with van der Waals surface area (Å²) in [5.74, 6) is 1.57. The molecule has 2 N–H and O–H groups in total. The van der Waals surface area contributed by atoms with Crippen molar-refractivity contribution in [2.24, 2.45) is 4.99 Å². The lowest BCUT2D eigenvalue weighted by Gasteiger charge is -2.10. The first-order chi connectivity index (χ1) is 10.0. The molecule has 0 aliphatic heterocycles. The van der Waals surface area contributed by atoms with Crippen molar-refractivity contribution in [2.45, 2.75) is 40.8 Å². The Labute approximate surface area is 128 Å². The molecule has 21 heavy (non-hydrogen) atoms. The number of aryl methyl sites for hydroxylation is 4. The van der Waals surface area contributed by atoms with Crippen LogP contribution in [0.1, 0.15) is 32.6 Å². The maximum atomic E-state index is 5.15. The third-order valence-corrected chi connectivity index (χ3v) is 4.39. The highest BCUT2D eigenvalue weighted by Gasteiger charge is 2.10. The average Bonchev–Trinajstić information content (AvgIpc) is 2.94. The summed E-state index contributed by atoms with van der Waals surface area (Å²) in [4.78, 5) is 9.97. The fraction of sp³-hybridized carbons (Fsp3) is 0.500. The summed E-state index contributed by atoms with van der Waals surface area (Å²) in [6, 6.07) is 0. The molecule has 0 radical (unpaired) electrons. The Morgan fingerprint density at radius 2 is 1.86 bits per heavy atom. The maximum absolute atomic E-state index is 5.15. The second kappa shape index (κ2) is 6.71. The number of aromatic nitrogens is 2. The Kier molecular flexibility index (Phi) is 4.95. The molecule has 0 unspecified atom stereocenters. The molecule has 0 aliphatic carbocycles. The number of guanidine groups is 1. The molecule has 2 aromatic rings. The molecule has 7 heteroatoms. The van der Waals surface area contributed by atoms with Crippen molar-refractivity contribution in [3.8, 4) is 0 Å². The first-order valence-electron chi connectivity index (χ1n) is 6.80. The van der Waals surface area contributed by atoms with Gasteiger partial charge in [-0.3, -0.25) is 4.99 Å². The fourth-order valence-electron chi connectivity index (χ4n) is 1.92. The molecule has 0 saturated heterocycles. The summed E-state index contributed by atoms with van der Waals surface area (Å²) in [5.41, 5.74) is 3.07. The van der Waals surface area contributed by atoms with Crippen LogP contribution in [0.15, 0.2) is 9.52 Å². The van der Waals surface area contributed by atoms with Gasteiger partial charge in [-0.1, -0.05) is 5.16 Å². The van der Waals surface area contributed by atoms with Gasteiger partial charge in [-0.05, 0) is 27.7 Å². The third-order valence-electron chi connectivity index (χ3n) is 3.32. The molecule has 0 bridgehead atoms. The first-order valence-corrected chi connectivity index (χ1v) is 7.62. The molecular formula is C14H21N5OS. The summed E-state index contributed by atoms with van der Waals surface area (Å²) in [6.45, 7) is 9.26. The normalized spacial score (nSPS) is 11.8. The van der Waals surface area contributed by atoms with Crippen LogP contribution < -0.4 is 10.6 Å². The zero-order valence-corrected chi connectivity index (χ0v) is 13.9. The Morgan fingerprint density at radius 1 is 1.14 bits per heavy atom. The molecule has 0 atom stereocenters. The molecule has 0 aromatic carbocycles. The smallest absolute Gasteiger partial charge is 0.191 e. The standard InChI is InChI=1S/C14H21N5OS/c1-8-11(4)21-13(18-8)7-17-14(15-5)16-6-12-9(2)19-20-10(12)3/h6-7H2,1-5H3,(H2,15,16,17). The summed E-state index contributed by atoms with van der Waals surface area (Å²) in [6.07, 6.45) is 0. The lowest BCUT2D eigenvalue weighted by atomic mass is 10.2. The predicted molar refractivity (Wildman–Crippen MR) is 84.6 cm³/mol. The Balaban J connectivity index is 1.89. The largest absolute Gasteiger partial charge is 0.361 e. The van der Waals surface area contributed by atoms with Crippen LogP contribution >= 0.6 is 11.3 Å². The van der Waals surface area contributed by atoms with Crippen LogP contribution in [0.4, 0.5) is 0 Å². The van der Waals surface area contributed by atoms with Gasteiger partial charge >= 0.3 is 0 Å². The van der Waals surface area contributed by atoms with Gasteiger partial charge in [0.15, 0.2) is 5.96 Å². The number of rotatable bonds is 4. The lowest BCUT2D eigenvalue weighted by molar-refractivity contribution is 0.392. The van der Waals surface area contributed by atoms with Crippen LogP contribution in [0.2, 0.25) is 0 Å². The molecule has 2 rings (SSSR count). The van der Waals surface area contributed by atoms with Crippen LogP contribution in [-0.4, -0.2) is 23.1 Å². The van der Waals surface area contributed by atoms with Gasteiger partial charge < -0.3 is 15.2 Å². The number of hydrogen-bond acceptors (Lipinski definition) is 5. The van der Waals surface area contributed by atoms with Gasteiger partial charge in [-0.2, -0.15) is 0 Å². The minimum atomic E-state index is 0.636. The van der Waals surface area contributed by atoms with Gasteiger partial charge in [0.2, 0.25) is 0 Å². The minimum absolute atomic E-state index is 0.636. The topological polar surface area (TPSA) is 75.3 Å². The molecule has 6 nitrogen and oxygen atoms in total. The lowest BCUT2D eigenvalue weighted by Crippen LogP contribution is -2.36. The van der Waals surface area contributed by atoms with Crippen molar-refractivity contribution < 1.29 is 4.52 Å². The van der Waals surface area contributed by atoms with Crippen molar-refractivity contribution in [3.05, 3.63) is 32.6 Å². The number of thiazole rings is 1. The van der Waals surface area contributed by atoms with Gasteiger partial charge in [-0.25, -0.2) is 4.98 Å². The fourth-order valence-corrected chi connectivity index (χ4v) is 2.79. The quantitative estimate of drug-likeness (QED) is 0.669. The molecule has 0 saturated carbocycles. The van der Waals surface area contributed by atoms with Crippen LogP contribution in [-0.2, 0) is 13.1 Å². The van der Waals surface area contributed by atoms with E-state index in [0.29, 0.717) is 13.1 Å². The highest BCUT2D eigenvalue weighted by Crippen LogP contribution is 2.16. The molecule has 0 spiro atoms. The highest BCUT2D eigenvalue weighted by molar-refractivity contribution is 7.11. The molecule has 2 aromatic heterocycles. The van der Waals surface area contributed by atoms with Crippen molar-refractivity contribution >= 4 is 17.3 Å². The van der Waals surface area contributed by atoms with Gasteiger partial charge in [0.05, 0.1) is 17.9 Å². The van der Waals surface area contributed by atoms with Crippen LogP contribution in [0, 0.1) is 27.7 Å². The Hall–Kier alpha value is -1.89. The van der Waals surface area contributed by atoms with E-state index < -0.39 is 0 Å². The number of aliphatic imine (C=N–C) groups is 1. The maximum Gasteiger partial charge on any atom is 0.191 e. The molecular weight excluding hydrogens is 286 g/mol. The summed E-state index contributed by atoms with van der Waals surface area (Å²) in [7, 11) is 1.75. The number of nitrogens with zero attached hydrogens (tertiary/aromatic N) is 3. The van der Waals surface area contributed by atoms with Crippen molar-refractivity contribution in [3.63, 3.8) is 0 Å². The molecule has 0 aliphatic rings. The molecule has 114 valence electrons. The third kappa shape index (κ3) is 3.81. The van der Waals surface area contributed by atoms with E-state index in [1.165, 1.54) is 4.88 Å². The van der Waals surface area contributed by atoms with Crippen LogP contribution in [0.25, 0.3) is 0 Å². The zero-order valence-electron chi connectivity index (χ0n) is 13.1. The Morgan fingerprint density at radius 3 is 2.38 bits per heavy atom. The van der Waals surface area contributed by atoms with Crippen molar-refractivity contribution in [2.75, 3.05) is 7.05 Å². The van der Waals surface area contributed by atoms with E-state index in [2.05, 4.69) is 32.7 Å². The first kappa shape index (κ1) is 15.5. The molecule has 2 heterocycles. The number of nitrogens with one attached hydrogen (secondary N) is 2. The van der Waals surface area contributed by atoms with Gasteiger partial charge in [0, 0.05) is 24.0 Å². The minimum Gasteiger partial charge on any atom is -0.361 e. The summed E-state index contributed by atoms with van der Waals surface area (Å²) < 4.78 is 5.15. The number of hydrogen-bond donors (Lipinski definition) is 2. The summed E-state index contributed by atoms with van der Waals surface area (Å²) >= 11 is 1.71. The second-order valence-corrected chi connectivity index (χ2v) is 6.12. The van der Waals surface area contributed by atoms with E-state index in [1.807, 2.05) is 20.8 Å². The Bertz CT molecular complexity index is 605. The van der Waals surface area contributed by atoms with E-state index in [9.17, 15) is 0 Å². The van der Waals surface area contributed by atoms with E-state index in [0.717, 1.165) is 33.7 Å². The van der Waals surface area contributed by atoms with Crippen molar-refractivity contribution in [1.82, 2.24) is 20.8 Å². The van der Waals surface area contributed by atoms with E-state index >= 15 is 0 Å². The SMILES string of the molecule is CN=C(NCc1nc(C)c(C)s1)NCc1c(C)noc1C. The zero-order chi connectivity index (χ0) is 15.4. The summed E-state index contributed by atoms with van der Waals surface area (Å²) in [5, 5.41) is 11.5. The predicted octanol–water partition coefficient (Wildman–Crippen LogP) is 2.23. The highest BCUT2D eigenvalue weighted by atomic mass is 32.1. The van der Waals surface area contributed by atoms with Gasteiger partial charge in [0.1, 0.15) is 10.8 Å². The molecule has 0 fully saturated rings. The molecule has 0 amide bonds. The second-order valence-electron chi connectivity index (χ2n) is 4.83. The average molecular weight is 307 g/mol. The van der Waals surface area contributed by atoms with Crippen molar-refractivity contribution in [1.29, 1.82) is 0 Å². The van der Waals surface area contributed by atoms with Crippen LogP contribution in [0.5, 0.6) is 0 Å². The van der Waals surface area contributed by atoms with Gasteiger partial charge in [-0.15, -0.1) is 11.3 Å². The van der Waals surface area contributed by atoms with Crippen LogP contribution in [0.3, 0.4) is 0 Å². The monoisotopic (exact) mass is 307 g/mol. The van der Waals surface area contributed by atoms with E-state index in [4.69, 9.17) is 4.52 Å². The van der Waals surface area contributed by atoms with E-state index in [1.54, 1.807) is 18.4 Å². The van der Waals surface area contributed by atoms with Gasteiger partial charge in [0.25, 0.3) is 0 Å². The van der Waals surface area contributed by atoms with E-state index in [-0.39, 0.29) is 0 Å².